The lowest BCUT2D eigenvalue weighted by Crippen LogP contribution is -2.42. The van der Waals surface area contributed by atoms with Crippen molar-refractivity contribution in [1.29, 1.82) is 0 Å². The fourth-order valence-electron chi connectivity index (χ4n) is 3.88. The van der Waals surface area contributed by atoms with Crippen LogP contribution in [0.4, 0.5) is 13.2 Å². The Labute approximate surface area is 213 Å². The molecule has 8 heteroatoms. The molecule has 0 saturated carbocycles. The summed E-state index contributed by atoms with van der Waals surface area (Å²) in [5.41, 5.74) is 2.80. The van der Waals surface area contributed by atoms with Gasteiger partial charge in [-0.15, -0.1) is 0 Å². The molecule has 0 aliphatic carbocycles. The van der Waals surface area contributed by atoms with Gasteiger partial charge in [0, 0.05) is 10.0 Å². The molecule has 0 saturated heterocycles. The molecule has 0 spiro atoms. The number of hydrogen-bond donors (Lipinski definition) is 0. The number of benzene rings is 3. The first-order valence-electron chi connectivity index (χ1n) is 11.1. The molecule has 3 nitrogen and oxygen atoms in total. The quantitative estimate of drug-likeness (QED) is 0.278. The van der Waals surface area contributed by atoms with Gasteiger partial charge in [0.15, 0.2) is 6.61 Å². The van der Waals surface area contributed by atoms with Gasteiger partial charge in [-0.05, 0) is 86.4 Å². The van der Waals surface area contributed by atoms with E-state index in [1.54, 1.807) is 24.3 Å². The van der Waals surface area contributed by atoms with Crippen molar-refractivity contribution < 1.29 is 22.7 Å². The van der Waals surface area contributed by atoms with Crippen LogP contribution in [0.25, 0.3) is 0 Å². The zero-order valence-corrected chi connectivity index (χ0v) is 20.9. The Morgan fingerprint density at radius 3 is 1.80 bits per heavy atom. The number of rotatable bonds is 10. The molecule has 0 amide bonds. The normalized spacial score (nSPS) is 12.1. The summed E-state index contributed by atoms with van der Waals surface area (Å²) in [5, 5.41) is 1.34. The van der Waals surface area contributed by atoms with E-state index in [0.717, 1.165) is 36.1 Å². The summed E-state index contributed by atoms with van der Waals surface area (Å²) in [4.78, 5) is 13.2. The lowest BCUT2D eigenvalue weighted by Gasteiger charge is -2.40. The zero-order valence-electron chi connectivity index (χ0n) is 19.4. The number of alkyl halides is 3. The van der Waals surface area contributed by atoms with E-state index in [9.17, 15) is 18.0 Å². The van der Waals surface area contributed by atoms with Gasteiger partial charge in [0.25, 0.3) is 5.78 Å². The first kappa shape index (κ1) is 27.1. The Kier molecular flexibility index (Phi) is 8.86. The topological polar surface area (TPSA) is 29.5 Å². The van der Waals surface area contributed by atoms with E-state index in [4.69, 9.17) is 27.9 Å². The maximum absolute atomic E-state index is 12.3. The molecule has 0 aromatic heterocycles. The van der Waals surface area contributed by atoms with E-state index < -0.39 is 24.1 Å². The predicted molar refractivity (Wildman–Crippen MR) is 133 cm³/mol. The minimum absolute atomic E-state index is 0.224. The predicted octanol–water partition coefficient (Wildman–Crippen LogP) is 7.33. The number of ketones is 1. The third-order valence-corrected chi connectivity index (χ3v) is 6.65. The van der Waals surface area contributed by atoms with Crippen molar-refractivity contribution in [2.45, 2.75) is 31.5 Å². The number of halogens is 5. The summed E-state index contributed by atoms with van der Waals surface area (Å²) in [6.45, 7) is 1.91. The van der Waals surface area contributed by atoms with Crippen LogP contribution in [0.5, 0.6) is 5.75 Å². The van der Waals surface area contributed by atoms with Crippen molar-refractivity contribution in [1.82, 2.24) is 4.90 Å². The second-order valence-corrected chi connectivity index (χ2v) is 9.34. The molecule has 3 aromatic carbocycles. The molecule has 0 bridgehead atoms. The molecule has 3 aromatic rings. The Morgan fingerprint density at radius 1 is 0.857 bits per heavy atom. The largest absolute Gasteiger partial charge is 0.485 e. The summed E-state index contributed by atoms with van der Waals surface area (Å²) >= 11 is 12.2. The highest BCUT2D eigenvalue weighted by Crippen LogP contribution is 2.36. The summed E-state index contributed by atoms with van der Waals surface area (Å²) in [6, 6.07) is 22.4. The van der Waals surface area contributed by atoms with Crippen molar-refractivity contribution in [2.24, 2.45) is 0 Å². The molecule has 0 radical (unpaired) electrons. The standard InChI is InChI=1S/C27H26Cl2F3NO2/c1-26(20-7-11-22(28)12-8-20,21-9-13-23(29)14-10-21)33(2)17-3-4-19-5-15-24(16-6-19)35-18-25(34)27(30,31)32/h5-16H,3-4,17-18H2,1-2H3. The fourth-order valence-corrected chi connectivity index (χ4v) is 4.14. The summed E-state index contributed by atoms with van der Waals surface area (Å²) in [6.07, 6.45) is -3.28. The highest BCUT2D eigenvalue weighted by Gasteiger charge is 2.38. The lowest BCUT2D eigenvalue weighted by molar-refractivity contribution is -0.173. The summed E-state index contributed by atoms with van der Waals surface area (Å²) in [5.74, 6) is -1.68. The smallest absolute Gasteiger partial charge is 0.453 e. The van der Waals surface area contributed by atoms with Crippen LogP contribution >= 0.6 is 23.2 Å². The van der Waals surface area contributed by atoms with Gasteiger partial charge < -0.3 is 4.74 Å². The molecule has 0 unspecified atom stereocenters. The van der Waals surface area contributed by atoms with Crippen LogP contribution in [0.1, 0.15) is 30.0 Å². The second kappa shape index (κ2) is 11.5. The minimum atomic E-state index is -4.89. The maximum Gasteiger partial charge on any atom is 0.453 e. The molecule has 186 valence electrons. The Balaban J connectivity index is 1.65. The lowest BCUT2D eigenvalue weighted by atomic mass is 9.83. The van der Waals surface area contributed by atoms with E-state index in [1.807, 2.05) is 48.5 Å². The Morgan fingerprint density at radius 2 is 1.34 bits per heavy atom. The van der Waals surface area contributed by atoms with Gasteiger partial charge in [-0.25, -0.2) is 0 Å². The van der Waals surface area contributed by atoms with Crippen LogP contribution in [0, 0.1) is 0 Å². The van der Waals surface area contributed by atoms with Gasteiger partial charge in [0.1, 0.15) is 5.75 Å². The monoisotopic (exact) mass is 523 g/mol. The molecule has 0 heterocycles. The average molecular weight is 524 g/mol. The van der Waals surface area contributed by atoms with Crippen molar-refractivity contribution in [3.8, 4) is 5.75 Å². The number of carbonyl (C=O) groups excluding carboxylic acids is 1. The molecule has 0 atom stereocenters. The first-order valence-corrected chi connectivity index (χ1v) is 11.8. The molecular formula is C27H26Cl2F3NO2. The highest BCUT2D eigenvalue weighted by molar-refractivity contribution is 6.30. The van der Waals surface area contributed by atoms with Crippen LogP contribution in [0.15, 0.2) is 72.8 Å². The van der Waals surface area contributed by atoms with Gasteiger partial charge in [-0.1, -0.05) is 59.6 Å². The van der Waals surface area contributed by atoms with Crippen LogP contribution in [0.2, 0.25) is 10.0 Å². The third-order valence-electron chi connectivity index (χ3n) is 6.14. The second-order valence-electron chi connectivity index (χ2n) is 8.46. The molecule has 3 rings (SSSR count). The van der Waals surface area contributed by atoms with E-state index >= 15 is 0 Å². The van der Waals surface area contributed by atoms with Crippen LogP contribution in [0.3, 0.4) is 0 Å². The third kappa shape index (κ3) is 7.00. The van der Waals surface area contributed by atoms with E-state index in [0.29, 0.717) is 10.0 Å². The van der Waals surface area contributed by atoms with Crippen LogP contribution in [-0.2, 0) is 16.8 Å². The van der Waals surface area contributed by atoms with Crippen LogP contribution < -0.4 is 4.74 Å². The van der Waals surface area contributed by atoms with E-state index in [-0.39, 0.29) is 5.75 Å². The number of nitrogens with zero attached hydrogens (tertiary/aromatic N) is 1. The zero-order chi connectivity index (χ0) is 25.6. The van der Waals surface area contributed by atoms with Crippen molar-refractivity contribution in [3.05, 3.63) is 99.5 Å². The number of hydrogen-bond acceptors (Lipinski definition) is 3. The van der Waals surface area contributed by atoms with Gasteiger partial charge in [0.2, 0.25) is 0 Å². The molecule has 0 fully saturated rings. The highest BCUT2D eigenvalue weighted by atomic mass is 35.5. The van der Waals surface area contributed by atoms with Crippen molar-refractivity contribution in [3.63, 3.8) is 0 Å². The van der Waals surface area contributed by atoms with Gasteiger partial charge in [0.05, 0.1) is 5.54 Å². The number of carbonyl (C=O) groups is 1. The van der Waals surface area contributed by atoms with Crippen molar-refractivity contribution >= 4 is 29.0 Å². The number of ether oxygens (including phenoxy) is 1. The number of aryl methyl sites for hydroxylation is 1. The van der Waals surface area contributed by atoms with Gasteiger partial charge in [-0.2, -0.15) is 13.2 Å². The Bertz CT molecular complexity index is 1070. The van der Waals surface area contributed by atoms with E-state index in [1.165, 1.54) is 0 Å². The van der Waals surface area contributed by atoms with Gasteiger partial charge >= 0.3 is 6.18 Å². The molecule has 0 aliphatic rings. The molecule has 0 N–H and O–H groups in total. The molecular weight excluding hydrogens is 498 g/mol. The molecule has 35 heavy (non-hydrogen) atoms. The Hall–Kier alpha value is -2.54. The summed E-state index contributed by atoms with van der Waals surface area (Å²) < 4.78 is 41.9. The van der Waals surface area contributed by atoms with Crippen LogP contribution in [-0.4, -0.2) is 37.1 Å². The minimum Gasteiger partial charge on any atom is -0.485 e. The van der Waals surface area contributed by atoms with E-state index in [2.05, 4.69) is 18.9 Å². The summed E-state index contributed by atoms with van der Waals surface area (Å²) in [7, 11) is 2.07. The number of Topliss-reactive ketones (excluding diaryl/α,β-unsaturated/α-hetero) is 1. The average Bonchev–Trinajstić information content (AvgIpc) is 2.83. The molecule has 0 aliphatic heterocycles. The van der Waals surface area contributed by atoms with Gasteiger partial charge in [-0.3, -0.25) is 9.69 Å². The first-order chi connectivity index (χ1) is 16.5. The van der Waals surface area contributed by atoms with Crippen molar-refractivity contribution in [2.75, 3.05) is 20.2 Å². The maximum atomic E-state index is 12.3. The fraction of sp³-hybridized carbons (Fsp3) is 0.296. The SMILES string of the molecule is CN(CCCc1ccc(OCC(=O)C(F)(F)F)cc1)C(C)(c1ccc(Cl)cc1)c1ccc(Cl)cc1.